The van der Waals surface area contributed by atoms with Crippen molar-refractivity contribution in [3.63, 3.8) is 0 Å². The molecule has 5 fully saturated rings. The van der Waals surface area contributed by atoms with Crippen LogP contribution >= 0.6 is 0 Å². The average Bonchev–Trinajstić information content (AvgIpc) is 4.17. The Balaban J connectivity index is 1.01. The number of pyridine rings is 1. The first-order valence-electron chi connectivity index (χ1n) is 23.0. The zero-order valence-electron chi connectivity index (χ0n) is 37.2. The minimum Gasteiger partial charge on any atom is -0.497 e. The predicted octanol–water partition coefficient (Wildman–Crippen LogP) is 5.31. The number of fused-ring (bicyclic) bond motifs is 3. The lowest BCUT2D eigenvalue weighted by Crippen LogP contribution is -2.63. The minimum absolute atomic E-state index is 0.0222. The fourth-order valence-electron chi connectivity index (χ4n) is 9.92. The van der Waals surface area contributed by atoms with Gasteiger partial charge in [0, 0.05) is 67.4 Å². The average molecular weight is 911 g/mol. The Bertz CT molecular complexity index is 2510. The summed E-state index contributed by atoms with van der Waals surface area (Å²) in [4.78, 5) is 80.0. The number of nitrogens with zero attached hydrogens (tertiary/aromatic N) is 4. The Morgan fingerprint density at radius 1 is 0.985 bits per heavy atom. The van der Waals surface area contributed by atoms with E-state index >= 15 is 4.79 Å². The molecule has 0 radical (unpaired) electrons. The van der Waals surface area contributed by atoms with Gasteiger partial charge in [-0.3, -0.25) is 28.8 Å². The van der Waals surface area contributed by atoms with E-state index in [9.17, 15) is 27.6 Å². The quantitative estimate of drug-likeness (QED) is 0.237. The topological polar surface area (TPSA) is 194 Å². The normalized spacial score (nSPS) is 28.0. The molecule has 3 aromatic rings. The summed E-state index contributed by atoms with van der Waals surface area (Å²) in [5.74, 6) is -1.90. The molecule has 1 aromatic heterocycles. The Morgan fingerprint density at radius 3 is 2.52 bits per heavy atom. The number of likely N-dealkylation sites (tertiary alicyclic amines) is 1. The standard InChI is InChI=1S/C48H58N6O10S/c1-47(2)54(46(59)64-47)28-30-20-21-52(27-30)42(55)22-32-14-8-5-4-6-11-15-33-26-48(33,45(58)51-65(60,61)36-17-18-36)50-43(56)40-24-35(29-53(40)44(32)57)63-41-25-38(31-12-9-7-10-13-31)49-39-23-34(62-3)16-19-37(39)41/h7,9-13,15-16,19,23,25,30,32-33,35-36,40H,4-6,8,14,17-18,20-22,24,26-29H2,1-3H3,(H,50,56)(H,51,58)/t30-,32-,33-,35-,40+,48-/m1/s1. The fraction of sp³-hybridized carbons (Fsp3) is 0.542. The molecule has 17 heteroatoms. The smallest absolute Gasteiger partial charge is 0.415 e. The SMILES string of the molecule is COc1ccc2c(O[C@@H]3C[C@H]4C(=O)N[C@]5(C(=O)NS(=O)(=O)C6CC6)C[C@H]5C=CCCCCC[C@H](CC(=O)N5CC[C@@H](CN6C(=O)OC6(C)C)C5)C(=O)N4C3)cc(-c3ccccc3)nc2c1. The number of methoxy groups -OCH3 is 1. The summed E-state index contributed by atoms with van der Waals surface area (Å²) in [5, 5.41) is 3.02. The minimum atomic E-state index is -3.92. The molecule has 2 N–H and O–H groups in total. The van der Waals surface area contributed by atoms with Crippen LogP contribution in [0.15, 0.2) is 66.7 Å². The third-order valence-corrected chi connectivity index (χ3v) is 15.8. The van der Waals surface area contributed by atoms with Crippen LogP contribution in [0.4, 0.5) is 4.79 Å². The van der Waals surface area contributed by atoms with Gasteiger partial charge in [0.2, 0.25) is 27.7 Å². The highest BCUT2D eigenvalue weighted by Gasteiger charge is 2.62. The Hall–Kier alpha value is -5.71. The van der Waals surface area contributed by atoms with Crippen molar-refractivity contribution in [1.82, 2.24) is 29.7 Å². The van der Waals surface area contributed by atoms with E-state index in [-0.39, 0.29) is 49.6 Å². The van der Waals surface area contributed by atoms with Gasteiger partial charge < -0.3 is 29.3 Å². The largest absolute Gasteiger partial charge is 0.497 e. The Kier molecular flexibility index (Phi) is 12.0. The molecule has 0 unspecified atom stereocenters. The van der Waals surface area contributed by atoms with Gasteiger partial charge in [0.05, 0.1) is 30.1 Å². The number of cyclic esters (lactones) is 1. The molecule has 4 aliphatic heterocycles. The van der Waals surface area contributed by atoms with Crippen LogP contribution in [0.25, 0.3) is 22.2 Å². The molecule has 2 aromatic carbocycles. The van der Waals surface area contributed by atoms with Crippen LogP contribution in [0.1, 0.15) is 84.5 Å². The van der Waals surface area contributed by atoms with Crippen LogP contribution in [0.2, 0.25) is 0 Å². The molecule has 3 saturated heterocycles. The maximum atomic E-state index is 15.1. The van der Waals surface area contributed by atoms with Crippen LogP contribution in [-0.2, 0) is 33.9 Å². The van der Waals surface area contributed by atoms with E-state index in [2.05, 4.69) is 10.0 Å². The Morgan fingerprint density at radius 2 is 1.78 bits per heavy atom. The number of carbonyl (C=O) groups is 5. The summed E-state index contributed by atoms with van der Waals surface area (Å²) in [5.41, 5.74) is -0.0682. The molecule has 2 aliphatic carbocycles. The molecule has 0 bridgehead atoms. The van der Waals surface area contributed by atoms with Crippen molar-refractivity contribution in [3.05, 3.63) is 66.7 Å². The molecule has 9 rings (SSSR count). The van der Waals surface area contributed by atoms with Crippen LogP contribution < -0.4 is 19.5 Å². The van der Waals surface area contributed by atoms with E-state index in [0.29, 0.717) is 86.3 Å². The molecular weight excluding hydrogens is 853 g/mol. The van der Waals surface area contributed by atoms with Gasteiger partial charge in [0.25, 0.3) is 5.91 Å². The Labute approximate surface area is 379 Å². The van der Waals surface area contributed by atoms with E-state index in [1.54, 1.807) is 16.9 Å². The maximum Gasteiger partial charge on any atom is 0.415 e. The number of ether oxygens (including phenoxy) is 3. The van der Waals surface area contributed by atoms with Crippen LogP contribution in [0.3, 0.4) is 0 Å². The molecule has 0 spiro atoms. The molecule has 5 heterocycles. The number of nitrogens with one attached hydrogen (secondary N) is 2. The van der Waals surface area contributed by atoms with Gasteiger partial charge in [-0.2, -0.15) is 0 Å². The van der Waals surface area contributed by atoms with Crippen molar-refractivity contribution < 1.29 is 46.6 Å². The monoisotopic (exact) mass is 910 g/mol. The van der Waals surface area contributed by atoms with Crippen molar-refractivity contribution in [2.75, 3.05) is 33.3 Å². The second-order valence-corrected chi connectivity index (χ2v) is 21.0. The predicted molar refractivity (Wildman–Crippen MR) is 240 cm³/mol. The second-order valence-electron chi connectivity index (χ2n) is 19.1. The summed E-state index contributed by atoms with van der Waals surface area (Å²) in [6.07, 6.45) is 8.09. The number of rotatable bonds is 11. The highest BCUT2D eigenvalue weighted by molar-refractivity contribution is 7.91. The van der Waals surface area contributed by atoms with Gasteiger partial charge in [-0.1, -0.05) is 55.3 Å². The highest BCUT2D eigenvalue weighted by atomic mass is 32.2. The molecule has 5 amide bonds. The molecule has 16 nitrogen and oxygen atoms in total. The first kappa shape index (κ1) is 44.5. The lowest BCUT2D eigenvalue weighted by molar-refractivity contribution is -0.166. The van der Waals surface area contributed by atoms with Gasteiger partial charge in [0.1, 0.15) is 29.2 Å². The highest BCUT2D eigenvalue weighted by Crippen LogP contribution is 2.46. The zero-order valence-corrected chi connectivity index (χ0v) is 38.0. The molecule has 2 saturated carbocycles. The third-order valence-electron chi connectivity index (χ3n) is 14.0. The number of carbonyl (C=O) groups excluding carboxylic acids is 5. The third kappa shape index (κ3) is 9.25. The molecule has 65 heavy (non-hydrogen) atoms. The van der Waals surface area contributed by atoms with Crippen molar-refractivity contribution in [2.24, 2.45) is 17.8 Å². The van der Waals surface area contributed by atoms with Crippen molar-refractivity contribution >= 4 is 50.6 Å². The van der Waals surface area contributed by atoms with Gasteiger partial charge in [-0.05, 0) is 76.8 Å². The summed E-state index contributed by atoms with van der Waals surface area (Å²) < 4.78 is 45.9. The summed E-state index contributed by atoms with van der Waals surface area (Å²) in [6, 6.07) is 15.9. The number of benzene rings is 2. The van der Waals surface area contributed by atoms with Gasteiger partial charge in [0.15, 0.2) is 5.72 Å². The number of aromatic nitrogens is 1. The molecular formula is C48H58N6O10S. The summed E-state index contributed by atoms with van der Waals surface area (Å²) >= 11 is 0. The van der Waals surface area contributed by atoms with E-state index in [0.717, 1.165) is 18.4 Å². The molecule has 6 atom stereocenters. The molecule has 346 valence electrons. The first-order valence-corrected chi connectivity index (χ1v) is 24.5. The van der Waals surface area contributed by atoms with Crippen LogP contribution in [-0.4, -0.2) is 120 Å². The van der Waals surface area contributed by atoms with Gasteiger partial charge >= 0.3 is 6.09 Å². The van der Waals surface area contributed by atoms with E-state index < -0.39 is 62.3 Å². The molecule has 6 aliphatic rings. The number of sulfonamides is 1. The maximum absolute atomic E-state index is 15.1. The number of amides is 5. The van der Waals surface area contributed by atoms with E-state index in [4.69, 9.17) is 19.2 Å². The van der Waals surface area contributed by atoms with Crippen molar-refractivity contribution in [3.8, 4) is 22.8 Å². The first-order chi connectivity index (χ1) is 31.1. The van der Waals surface area contributed by atoms with Crippen molar-refractivity contribution in [2.45, 2.75) is 113 Å². The lowest BCUT2D eigenvalue weighted by Gasteiger charge is -2.47. The van der Waals surface area contributed by atoms with E-state index in [1.165, 1.54) is 4.90 Å². The van der Waals surface area contributed by atoms with Gasteiger partial charge in [-0.25, -0.2) is 18.2 Å². The van der Waals surface area contributed by atoms with E-state index in [1.807, 2.05) is 80.6 Å². The van der Waals surface area contributed by atoms with Gasteiger partial charge in [-0.15, -0.1) is 0 Å². The number of hydrogen-bond donors (Lipinski definition) is 2. The van der Waals surface area contributed by atoms with Crippen molar-refractivity contribution in [1.29, 1.82) is 0 Å². The number of hydrogen-bond acceptors (Lipinski definition) is 11. The number of allylic oxidation sites excluding steroid dienone is 1. The lowest BCUT2D eigenvalue weighted by atomic mass is 9.94. The summed E-state index contributed by atoms with van der Waals surface area (Å²) in [6.45, 7) is 5.12. The fourth-order valence-corrected chi connectivity index (χ4v) is 11.3. The zero-order chi connectivity index (χ0) is 45.7. The van der Waals surface area contributed by atoms with Crippen LogP contribution in [0.5, 0.6) is 11.5 Å². The summed E-state index contributed by atoms with van der Waals surface area (Å²) in [7, 11) is -2.34. The second kappa shape index (κ2) is 17.6. The van der Waals surface area contributed by atoms with Crippen LogP contribution in [0, 0.1) is 17.8 Å².